The van der Waals surface area contributed by atoms with Gasteiger partial charge in [-0.1, -0.05) is 305 Å². The van der Waals surface area contributed by atoms with Crippen LogP contribution in [0.4, 0.5) is 0 Å². The number of carbonyl (C=O) groups is 4. The predicted octanol–water partition coefficient (Wildman–Crippen LogP) is 20.0. The number of hydrogen-bond acceptors (Lipinski definition) is 15. The first-order valence-corrected chi connectivity index (χ1v) is 39.5. The summed E-state index contributed by atoms with van der Waals surface area (Å²) in [5, 5.41) is 10.5. The Morgan fingerprint density at radius 3 is 0.764 bits per heavy atom. The molecular weight excluding hydrogens is 1170 g/mol. The summed E-state index contributed by atoms with van der Waals surface area (Å²) in [6.07, 6.45) is 47.9. The molecule has 5 atom stereocenters. The van der Waals surface area contributed by atoms with Gasteiger partial charge in [-0.15, -0.1) is 0 Å². The van der Waals surface area contributed by atoms with Crippen LogP contribution in [0.2, 0.25) is 0 Å². The van der Waals surface area contributed by atoms with Gasteiger partial charge in [0.1, 0.15) is 19.3 Å². The number of hydrogen-bond donors (Lipinski definition) is 3. The van der Waals surface area contributed by atoms with Gasteiger partial charge in [0.05, 0.1) is 26.4 Å². The monoisotopic (exact) mass is 1310 g/mol. The van der Waals surface area contributed by atoms with E-state index < -0.39 is 97.5 Å². The standard InChI is InChI=1S/C70H136O17P2/c1-7-9-11-13-14-15-16-17-18-19-20-21-26-29-32-35-42-48-54-69(74)86-66(59-81-68(73)53-47-41-34-31-28-25-23-22-24-27-30-33-39-44-50-62(3)4)61-85-89(78,79)83-57-64(71)56-82-88(76,77)84-60-65(58-80-67(72)52-46-38-12-10-8-2)87-70(75)55-49-43-37-36-40-45-51-63(5)6/h62-66,71H,7-61H2,1-6H3,(H,76,77)(H,78,79)/t64-,65+,66+/m0/s1. The summed E-state index contributed by atoms with van der Waals surface area (Å²) in [5.74, 6) is -0.671. The molecule has 0 aliphatic carbocycles. The van der Waals surface area contributed by atoms with E-state index in [1.807, 2.05) is 0 Å². The van der Waals surface area contributed by atoms with Crippen LogP contribution >= 0.6 is 15.6 Å². The van der Waals surface area contributed by atoms with Crippen molar-refractivity contribution in [1.82, 2.24) is 0 Å². The van der Waals surface area contributed by atoms with E-state index in [-0.39, 0.29) is 25.7 Å². The van der Waals surface area contributed by atoms with Gasteiger partial charge in [-0.2, -0.15) is 0 Å². The van der Waals surface area contributed by atoms with Crippen LogP contribution in [0.3, 0.4) is 0 Å². The quantitative estimate of drug-likeness (QED) is 0.0222. The molecule has 0 radical (unpaired) electrons. The molecule has 0 saturated heterocycles. The van der Waals surface area contributed by atoms with Gasteiger partial charge in [-0.25, -0.2) is 9.13 Å². The molecule has 0 aromatic carbocycles. The molecule has 0 saturated carbocycles. The molecule has 0 amide bonds. The van der Waals surface area contributed by atoms with Gasteiger partial charge < -0.3 is 33.8 Å². The second kappa shape index (κ2) is 62.2. The van der Waals surface area contributed by atoms with Crippen molar-refractivity contribution in [3.63, 3.8) is 0 Å². The molecule has 2 unspecified atom stereocenters. The number of rotatable bonds is 69. The van der Waals surface area contributed by atoms with Gasteiger partial charge in [0.2, 0.25) is 0 Å². The fraction of sp³-hybridized carbons (Fsp3) is 0.943. The Morgan fingerprint density at radius 1 is 0.303 bits per heavy atom. The molecule has 528 valence electrons. The minimum atomic E-state index is -4.95. The maximum atomic E-state index is 13.0. The number of aliphatic hydroxyl groups is 1. The summed E-state index contributed by atoms with van der Waals surface area (Å²) in [5.41, 5.74) is 0. The third-order valence-corrected chi connectivity index (χ3v) is 18.1. The zero-order valence-corrected chi connectivity index (χ0v) is 59.5. The molecule has 0 heterocycles. The minimum Gasteiger partial charge on any atom is -0.462 e. The van der Waals surface area contributed by atoms with Crippen molar-refractivity contribution in [2.45, 2.75) is 374 Å². The lowest BCUT2D eigenvalue weighted by Gasteiger charge is -2.21. The summed E-state index contributed by atoms with van der Waals surface area (Å²) < 4.78 is 68.0. The van der Waals surface area contributed by atoms with Crippen LogP contribution in [0.25, 0.3) is 0 Å². The van der Waals surface area contributed by atoms with Crippen molar-refractivity contribution < 1.29 is 80.2 Å². The van der Waals surface area contributed by atoms with Gasteiger partial charge >= 0.3 is 39.5 Å². The Bertz CT molecular complexity index is 1730. The lowest BCUT2D eigenvalue weighted by atomic mass is 10.0. The summed E-state index contributed by atoms with van der Waals surface area (Å²) >= 11 is 0. The SMILES string of the molecule is CCCCCCCCCCCCCCCCCCCCC(=O)O[C@H](COC(=O)CCCCCCCCCCCCCCCCC(C)C)COP(=O)(O)OC[C@@H](O)COP(=O)(O)OC[C@@H](COC(=O)CCCCCCC)OC(=O)CCCCCCCCC(C)C. The fourth-order valence-corrected chi connectivity index (χ4v) is 12.2. The van der Waals surface area contributed by atoms with E-state index in [0.29, 0.717) is 31.6 Å². The Kier molecular flexibility index (Phi) is 60.8. The third kappa shape index (κ3) is 64.6. The van der Waals surface area contributed by atoms with E-state index in [1.165, 1.54) is 167 Å². The summed E-state index contributed by atoms with van der Waals surface area (Å²) in [6.45, 7) is 9.39. The van der Waals surface area contributed by atoms with Crippen LogP contribution in [0, 0.1) is 11.8 Å². The van der Waals surface area contributed by atoms with Crippen molar-refractivity contribution in [3.8, 4) is 0 Å². The first-order chi connectivity index (χ1) is 42.9. The van der Waals surface area contributed by atoms with Crippen LogP contribution in [0.15, 0.2) is 0 Å². The first-order valence-electron chi connectivity index (χ1n) is 36.5. The topological polar surface area (TPSA) is 237 Å². The van der Waals surface area contributed by atoms with Gasteiger partial charge in [0, 0.05) is 25.7 Å². The highest BCUT2D eigenvalue weighted by molar-refractivity contribution is 7.47. The Labute approximate surface area is 543 Å². The van der Waals surface area contributed by atoms with Crippen molar-refractivity contribution in [3.05, 3.63) is 0 Å². The van der Waals surface area contributed by atoms with E-state index in [4.69, 9.17) is 37.0 Å². The zero-order valence-electron chi connectivity index (χ0n) is 57.7. The molecule has 0 aliphatic heterocycles. The average molecular weight is 1310 g/mol. The van der Waals surface area contributed by atoms with Crippen LogP contribution in [-0.4, -0.2) is 96.7 Å². The Balaban J connectivity index is 5.13. The van der Waals surface area contributed by atoms with Crippen LogP contribution in [0.1, 0.15) is 356 Å². The van der Waals surface area contributed by atoms with Gasteiger partial charge in [0.15, 0.2) is 12.2 Å². The number of phosphoric ester groups is 2. The third-order valence-electron chi connectivity index (χ3n) is 16.2. The lowest BCUT2D eigenvalue weighted by Crippen LogP contribution is -2.30. The number of phosphoric acid groups is 2. The van der Waals surface area contributed by atoms with Crippen molar-refractivity contribution in [2.75, 3.05) is 39.6 Å². The largest absolute Gasteiger partial charge is 0.472 e. The van der Waals surface area contributed by atoms with Crippen LogP contribution in [-0.2, 0) is 65.4 Å². The summed E-state index contributed by atoms with van der Waals surface area (Å²) in [7, 11) is -9.89. The Morgan fingerprint density at radius 2 is 0.517 bits per heavy atom. The molecule has 0 aromatic heterocycles. The molecule has 0 aromatic rings. The normalized spacial score (nSPS) is 14.1. The van der Waals surface area contributed by atoms with Crippen LogP contribution in [0.5, 0.6) is 0 Å². The first kappa shape index (κ1) is 87.1. The highest BCUT2D eigenvalue weighted by Gasteiger charge is 2.30. The fourth-order valence-electron chi connectivity index (χ4n) is 10.6. The van der Waals surface area contributed by atoms with Gasteiger partial charge in [-0.3, -0.25) is 37.3 Å². The van der Waals surface area contributed by atoms with E-state index in [0.717, 1.165) is 102 Å². The summed E-state index contributed by atoms with van der Waals surface area (Å²) in [6, 6.07) is 0. The molecule has 17 nitrogen and oxygen atoms in total. The number of carbonyl (C=O) groups excluding carboxylic acids is 4. The average Bonchev–Trinajstić information content (AvgIpc) is 3.71. The van der Waals surface area contributed by atoms with Crippen molar-refractivity contribution in [1.29, 1.82) is 0 Å². The lowest BCUT2D eigenvalue weighted by molar-refractivity contribution is -0.161. The molecular formula is C70H136O17P2. The highest BCUT2D eigenvalue weighted by Crippen LogP contribution is 2.45. The van der Waals surface area contributed by atoms with E-state index in [9.17, 15) is 43.2 Å². The van der Waals surface area contributed by atoms with E-state index in [1.54, 1.807) is 0 Å². The molecule has 19 heteroatoms. The smallest absolute Gasteiger partial charge is 0.462 e. The van der Waals surface area contributed by atoms with E-state index in [2.05, 4.69) is 41.5 Å². The molecule has 89 heavy (non-hydrogen) atoms. The second-order valence-electron chi connectivity index (χ2n) is 26.2. The molecule has 0 spiro atoms. The minimum absolute atomic E-state index is 0.101. The number of esters is 4. The molecule has 3 N–H and O–H groups in total. The molecule has 0 aliphatic rings. The number of unbranched alkanes of at least 4 members (excludes halogenated alkanes) is 39. The Hall–Kier alpha value is -1.94. The summed E-state index contributed by atoms with van der Waals surface area (Å²) in [4.78, 5) is 72.2. The van der Waals surface area contributed by atoms with Crippen molar-refractivity contribution in [2.24, 2.45) is 11.8 Å². The van der Waals surface area contributed by atoms with E-state index >= 15 is 0 Å². The highest BCUT2D eigenvalue weighted by atomic mass is 31.2. The maximum Gasteiger partial charge on any atom is 0.472 e. The molecule has 0 rings (SSSR count). The second-order valence-corrected chi connectivity index (χ2v) is 29.1. The predicted molar refractivity (Wildman–Crippen MR) is 358 cm³/mol. The van der Waals surface area contributed by atoms with Crippen LogP contribution < -0.4 is 0 Å². The zero-order chi connectivity index (χ0) is 65.7. The number of aliphatic hydroxyl groups excluding tert-OH is 1. The van der Waals surface area contributed by atoms with Crippen molar-refractivity contribution >= 4 is 39.5 Å². The van der Waals surface area contributed by atoms with Gasteiger partial charge in [0.25, 0.3) is 0 Å². The molecule has 0 fully saturated rings. The number of ether oxygens (including phenoxy) is 4. The maximum absolute atomic E-state index is 13.0. The molecule has 0 bridgehead atoms. The van der Waals surface area contributed by atoms with Gasteiger partial charge in [-0.05, 0) is 37.5 Å².